The van der Waals surface area contributed by atoms with E-state index in [9.17, 15) is 13.2 Å². The van der Waals surface area contributed by atoms with Crippen molar-refractivity contribution in [3.05, 3.63) is 57.5 Å². The van der Waals surface area contributed by atoms with E-state index in [1.165, 1.54) is 33.5 Å². The molecule has 0 saturated carbocycles. The first kappa shape index (κ1) is 24.6. The van der Waals surface area contributed by atoms with Gasteiger partial charge in [-0.25, -0.2) is 13.1 Å². The average Bonchev–Trinajstić information content (AvgIpc) is 3.16. The summed E-state index contributed by atoms with van der Waals surface area (Å²) in [5.74, 6) is -0.335. The first-order valence-corrected chi connectivity index (χ1v) is 13.8. The van der Waals surface area contributed by atoms with Gasteiger partial charge in [-0.15, -0.1) is 5.10 Å². The number of aryl methyl sites for hydroxylation is 1. The van der Waals surface area contributed by atoms with E-state index in [-0.39, 0.29) is 10.8 Å². The molecule has 0 atom stereocenters. The van der Waals surface area contributed by atoms with Gasteiger partial charge in [0.15, 0.2) is 8.29 Å². The topological polar surface area (TPSA) is 84.3 Å². The highest BCUT2D eigenvalue weighted by Gasteiger charge is 2.24. The third-order valence-electron chi connectivity index (χ3n) is 4.85. The number of aromatic nitrogens is 2. The summed E-state index contributed by atoms with van der Waals surface area (Å²) >= 11 is 8.31. The molecule has 0 fully saturated rings. The Bertz CT molecular complexity index is 1280. The molecule has 0 radical (unpaired) electrons. The minimum absolute atomic E-state index is 0.192. The summed E-state index contributed by atoms with van der Waals surface area (Å²) in [7, 11) is -3.63. The summed E-state index contributed by atoms with van der Waals surface area (Å²) < 4.78 is 30.4. The van der Waals surface area contributed by atoms with Gasteiger partial charge in [-0.2, -0.15) is 4.31 Å². The lowest BCUT2D eigenvalue weighted by atomic mass is 10.1. The number of amides is 1. The number of hydrogen-bond donors (Lipinski definition) is 1. The number of rotatable bonds is 8. The number of carbonyl (C=O) groups excluding carboxylic acids is 1. The van der Waals surface area contributed by atoms with Gasteiger partial charge >= 0.3 is 0 Å². The molecule has 1 heterocycles. The molecule has 0 spiro atoms. The van der Waals surface area contributed by atoms with Crippen LogP contribution in [-0.4, -0.2) is 47.8 Å². The van der Waals surface area contributed by atoms with Crippen molar-refractivity contribution in [3.63, 3.8) is 0 Å². The Hall–Kier alpha value is -2.05. The average molecular weight is 509 g/mol. The minimum atomic E-state index is -3.63. The van der Waals surface area contributed by atoms with Crippen LogP contribution in [0, 0.1) is 10.9 Å². The number of carbonyl (C=O) groups is 1. The van der Waals surface area contributed by atoms with E-state index >= 15 is 0 Å². The highest BCUT2D eigenvalue weighted by molar-refractivity contribution is 8.00. The zero-order valence-corrected chi connectivity index (χ0v) is 21.4. The fourth-order valence-corrected chi connectivity index (χ4v) is 6.61. The fourth-order valence-electron chi connectivity index (χ4n) is 3.12. The molecule has 2 aromatic carbocycles. The number of anilines is 1. The molecule has 0 bridgehead atoms. The van der Waals surface area contributed by atoms with E-state index in [0.29, 0.717) is 33.9 Å². The van der Waals surface area contributed by atoms with E-state index in [0.717, 1.165) is 10.0 Å². The van der Waals surface area contributed by atoms with Gasteiger partial charge in [-0.3, -0.25) is 4.79 Å². The standard InChI is InChI=1S/C21H24N4O3S4/c1-5-24(6-2)32(27,28)18-13-16(10-7-14(18)3)22-19(26)15-8-11-17(12-9-15)25-21(29)31-20(23-25)30-4/h7-13H,5-6H2,1-4H3,(H,22,26). The van der Waals surface area contributed by atoms with Crippen LogP contribution in [0.5, 0.6) is 0 Å². The molecule has 0 saturated heterocycles. The quantitative estimate of drug-likeness (QED) is 0.341. The van der Waals surface area contributed by atoms with Crippen molar-refractivity contribution in [2.45, 2.75) is 30.0 Å². The third kappa shape index (κ3) is 5.12. The Labute approximate surface area is 201 Å². The number of sulfonamides is 1. The van der Waals surface area contributed by atoms with Crippen molar-refractivity contribution in [1.29, 1.82) is 0 Å². The summed E-state index contributed by atoms with van der Waals surface area (Å²) in [5.41, 5.74) is 2.26. The van der Waals surface area contributed by atoms with Gasteiger partial charge in [0.2, 0.25) is 10.0 Å². The van der Waals surface area contributed by atoms with Gasteiger partial charge < -0.3 is 5.32 Å². The molecule has 11 heteroatoms. The van der Waals surface area contributed by atoms with Crippen LogP contribution in [0.3, 0.4) is 0 Å². The largest absolute Gasteiger partial charge is 0.322 e. The van der Waals surface area contributed by atoms with Crippen molar-refractivity contribution in [2.75, 3.05) is 24.7 Å². The fraction of sp³-hybridized carbons (Fsp3) is 0.286. The Kier molecular flexibility index (Phi) is 7.88. The monoisotopic (exact) mass is 508 g/mol. The molecule has 0 aliphatic carbocycles. The molecule has 7 nitrogen and oxygen atoms in total. The number of thioether (sulfide) groups is 1. The van der Waals surface area contributed by atoms with Crippen LogP contribution in [-0.2, 0) is 10.0 Å². The van der Waals surface area contributed by atoms with Crippen LogP contribution in [0.2, 0.25) is 0 Å². The lowest BCUT2D eigenvalue weighted by Gasteiger charge is -2.20. The van der Waals surface area contributed by atoms with Crippen molar-refractivity contribution in [1.82, 2.24) is 14.1 Å². The summed E-state index contributed by atoms with van der Waals surface area (Å²) in [6.07, 6.45) is 1.94. The van der Waals surface area contributed by atoms with Gasteiger partial charge in [0.25, 0.3) is 5.91 Å². The van der Waals surface area contributed by atoms with Crippen molar-refractivity contribution < 1.29 is 13.2 Å². The van der Waals surface area contributed by atoms with Crippen molar-refractivity contribution in [2.24, 2.45) is 0 Å². The molecule has 0 aliphatic rings. The maximum atomic E-state index is 12.9. The molecular formula is C21H24N4O3S4. The summed E-state index contributed by atoms with van der Waals surface area (Å²) in [4.78, 5) is 12.9. The maximum absolute atomic E-state index is 12.9. The lowest BCUT2D eigenvalue weighted by molar-refractivity contribution is 0.102. The maximum Gasteiger partial charge on any atom is 0.255 e. The molecule has 170 valence electrons. The molecule has 0 unspecified atom stereocenters. The number of benzene rings is 2. The molecule has 3 aromatic rings. The second-order valence-corrected chi connectivity index (χ2v) is 11.4. The predicted octanol–water partition coefficient (Wildman–Crippen LogP) is 4.98. The van der Waals surface area contributed by atoms with E-state index in [1.807, 2.05) is 6.26 Å². The SMILES string of the molecule is CCN(CC)S(=O)(=O)c1cc(NC(=O)c2ccc(-n3nc(SC)sc3=S)cc2)ccc1C. The van der Waals surface area contributed by atoms with Crippen LogP contribution >= 0.6 is 35.3 Å². The molecule has 1 N–H and O–H groups in total. The zero-order chi connectivity index (χ0) is 23.5. The molecule has 1 amide bonds. The smallest absolute Gasteiger partial charge is 0.255 e. The Morgan fingerprint density at radius 1 is 1.19 bits per heavy atom. The van der Waals surface area contributed by atoms with Gasteiger partial charge in [-0.05, 0) is 67.4 Å². The number of nitrogens with one attached hydrogen (secondary N) is 1. The Morgan fingerprint density at radius 3 is 2.41 bits per heavy atom. The number of hydrogen-bond acceptors (Lipinski definition) is 7. The van der Waals surface area contributed by atoms with Crippen LogP contribution in [0.15, 0.2) is 51.7 Å². The molecule has 1 aromatic heterocycles. The van der Waals surface area contributed by atoms with Gasteiger partial charge in [-0.1, -0.05) is 43.0 Å². The van der Waals surface area contributed by atoms with Crippen LogP contribution < -0.4 is 5.32 Å². The van der Waals surface area contributed by atoms with Gasteiger partial charge in [0.05, 0.1) is 10.6 Å². The van der Waals surface area contributed by atoms with Gasteiger partial charge in [0.1, 0.15) is 0 Å². The normalized spacial score (nSPS) is 11.7. The van der Waals surface area contributed by atoms with Crippen LogP contribution in [0.1, 0.15) is 29.8 Å². The van der Waals surface area contributed by atoms with E-state index in [4.69, 9.17) is 12.2 Å². The predicted molar refractivity (Wildman–Crippen MR) is 133 cm³/mol. The summed E-state index contributed by atoms with van der Waals surface area (Å²) in [6.45, 7) is 6.09. The van der Waals surface area contributed by atoms with Gasteiger partial charge in [0, 0.05) is 24.3 Å². The van der Waals surface area contributed by atoms with Crippen molar-refractivity contribution >= 4 is 56.9 Å². The highest BCUT2D eigenvalue weighted by atomic mass is 32.2. The second kappa shape index (κ2) is 10.3. The molecule has 0 aliphatic heterocycles. The molecular weight excluding hydrogens is 485 g/mol. The summed E-state index contributed by atoms with van der Waals surface area (Å²) in [6, 6.07) is 11.8. The van der Waals surface area contributed by atoms with E-state index < -0.39 is 10.0 Å². The Morgan fingerprint density at radius 2 is 1.84 bits per heavy atom. The minimum Gasteiger partial charge on any atom is -0.322 e. The van der Waals surface area contributed by atoms with Crippen LogP contribution in [0.4, 0.5) is 5.69 Å². The lowest BCUT2D eigenvalue weighted by Crippen LogP contribution is -2.31. The van der Waals surface area contributed by atoms with Crippen LogP contribution in [0.25, 0.3) is 5.69 Å². The third-order valence-corrected chi connectivity index (χ3v) is 9.25. The molecule has 32 heavy (non-hydrogen) atoms. The number of nitrogens with zero attached hydrogens (tertiary/aromatic N) is 3. The van der Waals surface area contributed by atoms with Crippen molar-refractivity contribution in [3.8, 4) is 5.69 Å². The highest BCUT2D eigenvalue weighted by Crippen LogP contribution is 2.25. The zero-order valence-electron chi connectivity index (χ0n) is 18.2. The van der Waals surface area contributed by atoms with E-state index in [1.54, 1.807) is 61.9 Å². The molecule has 3 rings (SSSR count). The second-order valence-electron chi connectivity index (χ2n) is 6.82. The first-order valence-electron chi connectivity index (χ1n) is 9.88. The summed E-state index contributed by atoms with van der Waals surface area (Å²) in [5, 5.41) is 7.23. The Balaban J connectivity index is 1.83. The first-order chi connectivity index (χ1) is 15.2. The van der Waals surface area contributed by atoms with E-state index in [2.05, 4.69) is 10.4 Å².